The molecule has 7 heteroatoms. The van der Waals surface area contributed by atoms with E-state index in [1.54, 1.807) is 24.3 Å². The number of esters is 1. The molecule has 1 aliphatic rings. The van der Waals surface area contributed by atoms with Crippen LogP contribution in [0.1, 0.15) is 11.1 Å². The third-order valence-electron chi connectivity index (χ3n) is 3.72. The molecule has 0 atom stereocenters. The van der Waals surface area contributed by atoms with Crippen molar-refractivity contribution in [3.8, 4) is 17.2 Å². The van der Waals surface area contributed by atoms with Crippen LogP contribution < -0.4 is 14.2 Å². The summed E-state index contributed by atoms with van der Waals surface area (Å²) >= 11 is 0. The number of aliphatic imine (C=N–C) groups is 1. The number of ether oxygens (including phenoxy) is 4. The number of carbonyl (C=O) groups is 1. The fourth-order valence-corrected chi connectivity index (χ4v) is 2.50. The molecule has 0 spiro atoms. The van der Waals surface area contributed by atoms with Crippen LogP contribution in [0.4, 0.5) is 4.39 Å². The van der Waals surface area contributed by atoms with Gasteiger partial charge in [0.1, 0.15) is 5.82 Å². The van der Waals surface area contributed by atoms with Crippen molar-refractivity contribution in [2.24, 2.45) is 4.99 Å². The molecule has 0 N–H and O–H groups in total. The van der Waals surface area contributed by atoms with Gasteiger partial charge >= 0.3 is 5.97 Å². The zero-order valence-electron chi connectivity index (χ0n) is 14.4. The molecule has 0 saturated carbocycles. The molecule has 2 aromatic rings. The highest BCUT2D eigenvalue weighted by Crippen LogP contribution is 2.39. The molecule has 0 fully saturated rings. The fraction of sp³-hybridized carbons (Fsp3) is 0.158. The minimum Gasteiger partial charge on any atom is -0.493 e. The first-order valence-corrected chi connectivity index (χ1v) is 7.65. The largest absolute Gasteiger partial charge is 0.493 e. The van der Waals surface area contributed by atoms with Gasteiger partial charge in [0.15, 0.2) is 17.2 Å². The first kappa shape index (κ1) is 17.5. The van der Waals surface area contributed by atoms with Gasteiger partial charge in [0.2, 0.25) is 11.6 Å². The standard InChI is InChI=1S/C19H16FNO5/c1-23-15-9-11(10-16(24-2)17(15)25-3)8-14-19(22)26-18(21-14)12-6-4-5-7-13(12)20/h4-10H,1-3H3/b14-8-. The maximum atomic E-state index is 13.9. The minimum absolute atomic E-state index is 0.0394. The van der Waals surface area contributed by atoms with E-state index in [1.807, 2.05) is 0 Å². The Morgan fingerprint density at radius 2 is 1.69 bits per heavy atom. The topological polar surface area (TPSA) is 66.4 Å². The van der Waals surface area contributed by atoms with Crippen LogP contribution in [0.2, 0.25) is 0 Å². The summed E-state index contributed by atoms with van der Waals surface area (Å²) in [6, 6.07) is 9.27. The van der Waals surface area contributed by atoms with Crippen molar-refractivity contribution < 1.29 is 28.1 Å². The van der Waals surface area contributed by atoms with Gasteiger partial charge in [-0.1, -0.05) is 12.1 Å². The van der Waals surface area contributed by atoms with Crippen molar-refractivity contribution in [3.63, 3.8) is 0 Å². The number of benzene rings is 2. The second kappa shape index (κ2) is 7.26. The molecule has 26 heavy (non-hydrogen) atoms. The number of halogens is 1. The lowest BCUT2D eigenvalue weighted by molar-refractivity contribution is -0.129. The van der Waals surface area contributed by atoms with Crippen LogP contribution in [0, 0.1) is 5.82 Å². The monoisotopic (exact) mass is 357 g/mol. The number of cyclic esters (lactones) is 1. The van der Waals surface area contributed by atoms with Crippen LogP contribution in [0.15, 0.2) is 47.1 Å². The van der Waals surface area contributed by atoms with Gasteiger partial charge in [-0.15, -0.1) is 0 Å². The molecule has 0 radical (unpaired) electrons. The van der Waals surface area contributed by atoms with Crippen LogP contribution in [0.5, 0.6) is 17.2 Å². The summed E-state index contributed by atoms with van der Waals surface area (Å²) in [5, 5.41) is 0. The first-order chi connectivity index (χ1) is 12.6. The van der Waals surface area contributed by atoms with Gasteiger partial charge < -0.3 is 18.9 Å². The quantitative estimate of drug-likeness (QED) is 0.607. The van der Waals surface area contributed by atoms with Gasteiger partial charge in [-0.3, -0.25) is 0 Å². The molecule has 134 valence electrons. The Hall–Kier alpha value is -3.35. The molecule has 1 aliphatic heterocycles. The van der Waals surface area contributed by atoms with Gasteiger partial charge in [0.25, 0.3) is 0 Å². The van der Waals surface area contributed by atoms with Gasteiger partial charge in [0.05, 0.1) is 26.9 Å². The lowest BCUT2D eigenvalue weighted by Crippen LogP contribution is -2.07. The lowest BCUT2D eigenvalue weighted by atomic mass is 10.1. The third kappa shape index (κ3) is 3.23. The van der Waals surface area contributed by atoms with Gasteiger partial charge in [0, 0.05) is 0 Å². The zero-order valence-corrected chi connectivity index (χ0v) is 14.4. The van der Waals surface area contributed by atoms with Gasteiger partial charge in [-0.05, 0) is 35.9 Å². The molecule has 0 saturated heterocycles. The van der Waals surface area contributed by atoms with E-state index < -0.39 is 11.8 Å². The fourth-order valence-electron chi connectivity index (χ4n) is 2.50. The van der Waals surface area contributed by atoms with E-state index in [9.17, 15) is 9.18 Å². The van der Waals surface area contributed by atoms with E-state index in [4.69, 9.17) is 18.9 Å². The molecule has 0 bridgehead atoms. The predicted octanol–water partition coefficient (Wildman–Crippen LogP) is 3.20. The van der Waals surface area contributed by atoms with Crippen molar-refractivity contribution in [3.05, 3.63) is 59.0 Å². The summed E-state index contributed by atoms with van der Waals surface area (Å²) in [6.07, 6.45) is 1.50. The van der Waals surface area contributed by atoms with E-state index in [0.29, 0.717) is 22.8 Å². The first-order valence-electron chi connectivity index (χ1n) is 7.65. The molecule has 3 rings (SSSR count). The Bertz CT molecular complexity index is 895. The Kier molecular flexibility index (Phi) is 4.88. The van der Waals surface area contributed by atoms with Crippen LogP contribution in [-0.4, -0.2) is 33.2 Å². The van der Waals surface area contributed by atoms with E-state index in [2.05, 4.69) is 4.99 Å². The summed E-state index contributed by atoms with van der Waals surface area (Å²) in [5.41, 5.74) is 0.747. The molecular formula is C19H16FNO5. The Morgan fingerprint density at radius 3 is 2.27 bits per heavy atom. The Balaban J connectivity index is 2.02. The molecule has 0 aliphatic carbocycles. The average Bonchev–Trinajstić information content (AvgIpc) is 3.01. The van der Waals surface area contributed by atoms with Crippen molar-refractivity contribution >= 4 is 17.9 Å². The molecule has 0 amide bonds. The number of rotatable bonds is 5. The molecular weight excluding hydrogens is 341 g/mol. The van der Waals surface area contributed by atoms with E-state index in [-0.39, 0.29) is 17.2 Å². The summed E-state index contributed by atoms with van der Waals surface area (Å²) in [4.78, 5) is 16.2. The molecule has 2 aromatic carbocycles. The molecule has 6 nitrogen and oxygen atoms in total. The third-order valence-corrected chi connectivity index (χ3v) is 3.72. The van der Waals surface area contributed by atoms with Crippen LogP contribution in [0.25, 0.3) is 6.08 Å². The Morgan fingerprint density at radius 1 is 1.04 bits per heavy atom. The van der Waals surface area contributed by atoms with Crippen LogP contribution in [0.3, 0.4) is 0 Å². The smallest absolute Gasteiger partial charge is 0.363 e. The zero-order chi connectivity index (χ0) is 18.7. The van der Waals surface area contributed by atoms with Crippen molar-refractivity contribution in [2.45, 2.75) is 0 Å². The number of carbonyl (C=O) groups excluding carboxylic acids is 1. The van der Waals surface area contributed by atoms with Crippen LogP contribution in [-0.2, 0) is 9.53 Å². The average molecular weight is 357 g/mol. The van der Waals surface area contributed by atoms with E-state index in [0.717, 1.165) is 0 Å². The van der Waals surface area contributed by atoms with E-state index in [1.165, 1.54) is 39.5 Å². The van der Waals surface area contributed by atoms with E-state index >= 15 is 0 Å². The van der Waals surface area contributed by atoms with Gasteiger partial charge in [-0.25, -0.2) is 14.2 Å². The van der Waals surface area contributed by atoms with Crippen molar-refractivity contribution in [1.29, 1.82) is 0 Å². The lowest BCUT2D eigenvalue weighted by Gasteiger charge is -2.12. The molecule has 0 unspecified atom stereocenters. The normalized spacial score (nSPS) is 14.8. The maximum absolute atomic E-state index is 13.9. The summed E-state index contributed by atoms with van der Waals surface area (Å²) in [7, 11) is 4.48. The van der Waals surface area contributed by atoms with Crippen molar-refractivity contribution in [2.75, 3.05) is 21.3 Å². The highest BCUT2D eigenvalue weighted by atomic mass is 19.1. The second-order valence-corrected chi connectivity index (χ2v) is 5.27. The highest BCUT2D eigenvalue weighted by Gasteiger charge is 2.26. The van der Waals surface area contributed by atoms with Crippen LogP contribution >= 0.6 is 0 Å². The molecule has 1 heterocycles. The predicted molar refractivity (Wildman–Crippen MR) is 93.1 cm³/mol. The number of nitrogens with zero attached hydrogens (tertiary/aromatic N) is 1. The second-order valence-electron chi connectivity index (χ2n) is 5.27. The minimum atomic E-state index is -0.669. The summed E-state index contributed by atoms with van der Waals surface area (Å²) in [5.74, 6) is 0.0327. The number of hydrogen-bond donors (Lipinski definition) is 0. The maximum Gasteiger partial charge on any atom is 0.363 e. The number of hydrogen-bond acceptors (Lipinski definition) is 6. The highest BCUT2D eigenvalue weighted by molar-refractivity contribution is 6.13. The van der Waals surface area contributed by atoms with Gasteiger partial charge in [-0.2, -0.15) is 0 Å². The summed E-state index contributed by atoms with van der Waals surface area (Å²) < 4.78 is 34.8. The Labute approximate surface area is 149 Å². The molecule has 0 aromatic heterocycles. The van der Waals surface area contributed by atoms with Crippen molar-refractivity contribution in [1.82, 2.24) is 0 Å². The summed E-state index contributed by atoms with van der Waals surface area (Å²) in [6.45, 7) is 0. The SMILES string of the molecule is COc1cc(/C=C2\N=C(c3ccccc3F)OC2=O)cc(OC)c1OC. The number of methoxy groups -OCH3 is 3.